The lowest BCUT2D eigenvalue weighted by Gasteiger charge is -2.24. The number of phenols is 1. The molecule has 0 aliphatic rings. The van der Waals surface area contributed by atoms with Crippen LogP contribution in [-0.2, 0) is 30.4 Å². The second-order valence-corrected chi connectivity index (χ2v) is 8.47. The van der Waals surface area contributed by atoms with Crippen LogP contribution in [0.15, 0.2) is 24.3 Å². The van der Waals surface area contributed by atoms with Crippen molar-refractivity contribution in [2.24, 2.45) is 17.4 Å². The molecule has 0 aliphatic heterocycles. The standard InChI is InChI=1S/C22H33N5O7/c1-11(2)8-15(23)20(31)25-12(3)19(30)26-16(9-13-4-6-14(28)7-5-13)21(32)27-17(22(33)34)10-18(24)29/h4-7,11-12,15-17,28H,8-10,23H2,1-3H3,(H2,24,29)(H,25,31)(H,26,30)(H,27,32)(H,33,34). The summed E-state index contributed by atoms with van der Waals surface area (Å²) in [7, 11) is 0. The first kappa shape index (κ1) is 28.4. The number of phenolic OH excluding ortho intramolecular Hbond substituents is 1. The third-order valence-electron chi connectivity index (χ3n) is 4.84. The van der Waals surface area contributed by atoms with E-state index in [0.717, 1.165) is 0 Å². The lowest BCUT2D eigenvalue weighted by Crippen LogP contribution is -2.57. The van der Waals surface area contributed by atoms with Crippen LogP contribution in [0.25, 0.3) is 0 Å². The minimum Gasteiger partial charge on any atom is -0.508 e. The van der Waals surface area contributed by atoms with Crippen LogP contribution >= 0.6 is 0 Å². The molecule has 1 aromatic rings. The zero-order valence-corrected chi connectivity index (χ0v) is 19.4. The normalized spacial score (nSPS) is 14.4. The van der Waals surface area contributed by atoms with Crippen LogP contribution in [0.5, 0.6) is 5.75 Å². The number of primary amides is 1. The van der Waals surface area contributed by atoms with Gasteiger partial charge in [0.15, 0.2) is 0 Å². The summed E-state index contributed by atoms with van der Waals surface area (Å²) >= 11 is 0. The largest absolute Gasteiger partial charge is 0.508 e. The number of aliphatic carboxylic acids is 1. The Balaban J connectivity index is 2.98. The number of hydrogen-bond donors (Lipinski definition) is 7. The highest BCUT2D eigenvalue weighted by atomic mass is 16.4. The van der Waals surface area contributed by atoms with Gasteiger partial charge in [0.05, 0.1) is 12.5 Å². The SMILES string of the molecule is CC(C)CC(N)C(=O)NC(C)C(=O)NC(Cc1ccc(O)cc1)C(=O)NC(CC(N)=O)C(=O)O. The molecule has 1 aromatic carbocycles. The number of carbonyl (C=O) groups is 5. The highest BCUT2D eigenvalue weighted by molar-refractivity contribution is 5.94. The number of hydrogen-bond acceptors (Lipinski definition) is 7. The molecule has 9 N–H and O–H groups in total. The van der Waals surface area contributed by atoms with Gasteiger partial charge in [-0.25, -0.2) is 4.79 Å². The summed E-state index contributed by atoms with van der Waals surface area (Å²) in [6, 6.07) is 1.13. The Hall–Kier alpha value is -3.67. The predicted molar refractivity (Wildman–Crippen MR) is 122 cm³/mol. The van der Waals surface area contributed by atoms with Gasteiger partial charge >= 0.3 is 5.97 Å². The summed E-state index contributed by atoms with van der Waals surface area (Å²) in [4.78, 5) is 60.3. The van der Waals surface area contributed by atoms with Crippen molar-refractivity contribution in [3.05, 3.63) is 29.8 Å². The lowest BCUT2D eigenvalue weighted by molar-refractivity contribution is -0.143. The molecule has 4 unspecified atom stereocenters. The molecule has 0 saturated heterocycles. The van der Waals surface area contributed by atoms with E-state index < -0.39 is 60.2 Å². The van der Waals surface area contributed by atoms with Crippen LogP contribution in [0.1, 0.15) is 39.2 Å². The van der Waals surface area contributed by atoms with Gasteiger partial charge in [-0.3, -0.25) is 19.2 Å². The van der Waals surface area contributed by atoms with Gasteiger partial charge in [0.1, 0.15) is 23.9 Å². The molecule has 188 valence electrons. The number of carboxylic acids is 1. The minimum atomic E-state index is -1.59. The molecule has 1 rings (SSSR count). The Bertz CT molecular complexity index is 888. The number of benzene rings is 1. The first-order chi connectivity index (χ1) is 15.8. The molecule has 0 fully saturated rings. The van der Waals surface area contributed by atoms with Gasteiger partial charge in [-0.15, -0.1) is 0 Å². The molecule has 0 bridgehead atoms. The number of carbonyl (C=O) groups excluding carboxylic acids is 4. The zero-order chi connectivity index (χ0) is 26.0. The van der Waals surface area contributed by atoms with Crippen LogP contribution in [0.4, 0.5) is 0 Å². The number of nitrogens with two attached hydrogens (primary N) is 2. The number of rotatable bonds is 13. The third-order valence-corrected chi connectivity index (χ3v) is 4.84. The number of aromatic hydroxyl groups is 1. The molecule has 34 heavy (non-hydrogen) atoms. The van der Waals surface area contributed by atoms with Gasteiger partial charge in [0.2, 0.25) is 23.6 Å². The summed E-state index contributed by atoms with van der Waals surface area (Å²) in [5, 5.41) is 25.9. The zero-order valence-electron chi connectivity index (χ0n) is 19.4. The Kier molecular flexibility index (Phi) is 11.0. The van der Waals surface area contributed by atoms with E-state index in [1.807, 2.05) is 13.8 Å². The molecule has 0 saturated carbocycles. The van der Waals surface area contributed by atoms with Crippen LogP contribution in [0.2, 0.25) is 0 Å². The van der Waals surface area contributed by atoms with Gasteiger partial charge in [0.25, 0.3) is 0 Å². The van der Waals surface area contributed by atoms with Crippen molar-refractivity contribution in [2.75, 3.05) is 0 Å². The monoisotopic (exact) mass is 479 g/mol. The fraction of sp³-hybridized carbons (Fsp3) is 0.500. The fourth-order valence-electron chi connectivity index (χ4n) is 3.05. The van der Waals surface area contributed by atoms with Gasteiger partial charge in [-0.05, 0) is 37.0 Å². The number of amides is 4. The molecule has 0 heterocycles. The summed E-state index contributed by atoms with van der Waals surface area (Å²) in [6.45, 7) is 5.22. The molecule has 0 spiro atoms. The van der Waals surface area contributed by atoms with E-state index in [1.54, 1.807) is 0 Å². The van der Waals surface area contributed by atoms with Crippen molar-refractivity contribution in [3.63, 3.8) is 0 Å². The van der Waals surface area contributed by atoms with E-state index >= 15 is 0 Å². The van der Waals surface area contributed by atoms with Crippen molar-refractivity contribution in [1.29, 1.82) is 0 Å². The average molecular weight is 480 g/mol. The first-order valence-corrected chi connectivity index (χ1v) is 10.8. The molecule has 0 aliphatic carbocycles. The Morgan fingerprint density at radius 2 is 1.44 bits per heavy atom. The highest BCUT2D eigenvalue weighted by Gasteiger charge is 2.29. The smallest absolute Gasteiger partial charge is 0.326 e. The third kappa shape index (κ3) is 9.86. The van der Waals surface area contributed by atoms with Crippen molar-refractivity contribution in [2.45, 2.75) is 64.2 Å². The summed E-state index contributed by atoms with van der Waals surface area (Å²) in [5.74, 6) is -4.33. The molecule has 12 heteroatoms. The van der Waals surface area contributed by atoms with Crippen LogP contribution in [-0.4, -0.2) is 64.0 Å². The van der Waals surface area contributed by atoms with Crippen molar-refractivity contribution >= 4 is 29.6 Å². The van der Waals surface area contributed by atoms with Crippen molar-refractivity contribution < 1.29 is 34.2 Å². The van der Waals surface area contributed by atoms with Crippen LogP contribution < -0.4 is 27.4 Å². The van der Waals surface area contributed by atoms with Crippen molar-refractivity contribution in [1.82, 2.24) is 16.0 Å². The lowest BCUT2D eigenvalue weighted by atomic mass is 10.0. The molecule has 0 radical (unpaired) electrons. The van der Waals surface area contributed by atoms with Crippen molar-refractivity contribution in [3.8, 4) is 5.75 Å². The maximum atomic E-state index is 12.8. The molecule has 4 amide bonds. The van der Waals surface area contributed by atoms with E-state index in [-0.39, 0.29) is 18.1 Å². The molecular formula is C22H33N5O7. The Labute approximate surface area is 197 Å². The van der Waals surface area contributed by atoms with Gasteiger partial charge in [-0.2, -0.15) is 0 Å². The number of carboxylic acid groups (broad SMARTS) is 1. The molecule has 12 nitrogen and oxygen atoms in total. The molecular weight excluding hydrogens is 446 g/mol. The fourth-order valence-corrected chi connectivity index (χ4v) is 3.05. The summed E-state index contributed by atoms with van der Waals surface area (Å²) < 4.78 is 0. The predicted octanol–water partition coefficient (Wildman–Crippen LogP) is -1.26. The van der Waals surface area contributed by atoms with E-state index in [9.17, 15) is 34.2 Å². The van der Waals surface area contributed by atoms with Gasteiger partial charge in [-0.1, -0.05) is 26.0 Å². The van der Waals surface area contributed by atoms with E-state index in [1.165, 1.54) is 31.2 Å². The molecule has 0 aromatic heterocycles. The van der Waals surface area contributed by atoms with E-state index in [0.29, 0.717) is 12.0 Å². The Morgan fingerprint density at radius 1 is 0.882 bits per heavy atom. The Morgan fingerprint density at radius 3 is 1.94 bits per heavy atom. The maximum Gasteiger partial charge on any atom is 0.326 e. The van der Waals surface area contributed by atoms with Crippen LogP contribution in [0, 0.1) is 5.92 Å². The first-order valence-electron chi connectivity index (χ1n) is 10.8. The topological polar surface area (TPSA) is 214 Å². The van der Waals surface area contributed by atoms with E-state index in [2.05, 4.69) is 16.0 Å². The minimum absolute atomic E-state index is 0.00439. The summed E-state index contributed by atoms with van der Waals surface area (Å²) in [5.41, 5.74) is 11.4. The second kappa shape index (κ2) is 13.1. The van der Waals surface area contributed by atoms with Gasteiger partial charge in [0, 0.05) is 6.42 Å². The highest BCUT2D eigenvalue weighted by Crippen LogP contribution is 2.12. The molecule has 4 atom stereocenters. The second-order valence-electron chi connectivity index (χ2n) is 8.47. The maximum absolute atomic E-state index is 12.8. The summed E-state index contributed by atoms with van der Waals surface area (Å²) in [6.07, 6.45) is -0.280. The van der Waals surface area contributed by atoms with Crippen LogP contribution in [0.3, 0.4) is 0 Å². The average Bonchev–Trinajstić information content (AvgIpc) is 2.73. The van der Waals surface area contributed by atoms with E-state index in [4.69, 9.17) is 11.5 Å². The number of nitrogens with one attached hydrogen (secondary N) is 3. The van der Waals surface area contributed by atoms with Gasteiger partial charge < -0.3 is 37.6 Å². The quantitative estimate of drug-likeness (QED) is 0.181.